The van der Waals surface area contributed by atoms with Crippen molar-refractivity contribution in [1.82, 2.24) is 14.9 Å². The van der Waals surface area contributed by atoms with E-state index in [9.17, 15) is 4.79 Å². The smallest absolute Gasteiger partial charge is 0.534 e. The van der Waals surface area contributed by atoms with E-state index in [1.54, 1.807) is 4.90 Å². The van der Waals surface area contributed by atoms with Crippen molar-refractivity contribution in [1.29, 1.82) is 0 Å². The van der Waals surface area contributed by atoms with Gasteiger partial charge >= 0.3 is 13.2 Å². The molecule has 2 aliphatic rings. The highest BCUT2D eigenvalue weighted by atomic mass is 16.7. The molecule has 0 radical (unpaired) electrons. The van der Waals surface area contributed by atoms with Crippen LogP contribution in [0.5, 0.6) is 0 Å². The molecule has 0 spiro atoms. The zero-order valence-electron chi connectivity index (χ0n) is 19.5. The SMILES string of the molecule is C=C1OB(c2ccc(-c3cnc([C@H]4CCCN4C(=O)OCc4ccccc4)[nH]3)cc2)OC1(C)C. The van der Waals surface area contributed by atoms with Crippen LogP contribution >= 0.6 is 0 Å². The number of nitrogens with zero attached hydrogens (tertiary/aromatic N) is 2. The Balaban J connectivity index is 1.25. The van der Waals surface area contributed by atoms with Gasteiger partial charge < -0.3 is 19.0 Å². The number of aromatic amines is 1. The number of ether oxygens (including phenoxy) is 1. The highest BCUT2D eigenvalue weighted by Gasteiger charge is 2.42. The van der Waals surface area contributed by atoms with E-state index in [4.69, 9.17) is 14.0 Å². The first-order chi connectivity index (χ1) is 16.4. The highest BCUT2D eigenvalue weighted by molar-refractivity contribution is 6.62. The van der Waals surface area contributed by atoms with Crippen molar-refractivity contribution in [3.63, 3.8) is 0 Å². The Labute approximate surface area is 199 Å². The van der Waals surface area contributed by atoms with Gasteiger partial charge in [0, 0.05) is 6.54 Å². The molecule has 34 heavy (non-hydrogen) atoms. The van der Waals surface area contributed by atoms with Crippen LogP contribution in [0.15, 0.2) is 73.1 Å². The van der Waals surface area contributed by atoms with Crippen molar-refractivity contribution in [2.24, 2.45) is 0 Å². The minimum atomic E-state index is -0.503. The molecule has 0 aliphatic carbocycles. The monoisotopic (exact) mass is 457 g/mol. The Kier molecular flexibility index (Phi) is 5.92. The van der Waals surface area contributed by atoms with Gasteiger partial charge in [-0.1, -0.05) is 61.2 Å². The van der Waals surface area contributed by atoms with Crippen LogP contribution < -0.4 is 5.46 Å². The molecule has 0 bridgehead atoms. The Bertz CT molecular complexity index is 1180. The zero-order chi connectivity index (χ0) is 23.7. The number of hydrogen-bond acceptors (Lipinski definition) is 5. The van der Waals surface area contributed by atoms with Gasteiger partial charge in [-0.25, -0.2) is 9.78 Å². The number of aromatic nitrogens is 2. The average molecular weight is 457 g/mol. The van der Waals surface area contributed by atoms with Gasteiger partial charge in [-0.2, -0.15) is 0 Å². The molecule has 2 aliphatic heterocycles. The zero-order valence-corrected chi connectivity index (χ0v) is 19.5. The lowest BCUT2D eigenvalue weighted by Crippen LogP contribution is -2.34. The number of likely N-dealkylation sites (tertiary alicyclic amines) is 1. The summed E-state index contributed by atoms with van der Waals surface area (Å²) in [6, 6.07) is 17.6. The summed E-state index contributed by atoms with van der Waals surface area (Å²) in [4.78, 5) is 22.5. The lowest BCUT2D eigenvalue weighted by molar-refractivity contribution is 0.0910. The van der Waals surface area contributed by atoms with Crippen molar-refractivity contribution in [2.75, 3.05) is 6.54 Å². The second kappa shape index (κ2) is 9.03. The third-order valence-electron chi connectivity index (χ3n) is 6.42. The maximum absolute atomic E-state index is 12.7. The van der Waals surface area contributed by atoms with E-state index in [-0.39, 0.29) is 18.7 Å². The molecule has 1 amide bonds. The number of imidazole rings is 1. The maximum Gasteiger partial charge on any atom is 0.563 e. The van der Waals surface area contributed by atoms with E-state index in [1.807, 2.05) is 74.6 Å². The highest BCUT2D eigenvalue weighted by Crippen LogP contribution is 2.32. The summed E-state index contributed by atoms with van der Waals surface area (Å²) in [5.74, 6) is 1.40. The normalized spacial score (nSPS) is 19.4. The fraction of sp³-hybridized carbons (Fsp3) is 0.308. The molecule has 1 N–H and O–H groups in total. The number of carbonyl (C=O) groups excluding carboxylic acids is 1. The number of H-pyrrole nitrogens is 1. The minimum Gasteiger partial charge on any atom is -0.534 e. The first-order valence-electron chi connectivity index (χ1n) is 11.6. The molecule has 1 aromatic heterocycles. The fourth-order valence-electron chi connectivity index (χ4n) is 4.31. The summed E-state index contributed by atoms with van der Waals surface area (Å²) < 4.78 is 17.3. The van der Waals surface area contributed by atoms with E-state index in [1.165, 1.54) is 0 Å². The standard InChI is InChI=1S/C26H28BN3O4/c1-18-26(2,3)34-27(33-18)21-13-11-20(12-14-21)22-16-28-24(29-22)23-10-7-15-30(23)25(31)32-17-19-8-5-4-6-9-19/h4-6,8-9,11-14,16,23H,1,7,10,15,17H2,2-3H3,(H,28,29)/t23-/m1/s1. The molecule has 2 saturated heterocycles. The summed E-state index contributed by atoms with van der Waals surface area (Å²) in [5, 5.41) is 0. The lowest BCUT2D eigenvalue weighted by atomic mass is 9.79. The number of nitrogens with one attached hydrogen (secondary N) is 1. The molecule has 2 aromatic carbocycles. The number of carbonyl (C=O) groups is 1. The van der Waals surface area contributed by atoms with Crippen LogP contribution in [-0.4, -0.2) is 40.2 Å². The lowest BCUT2D eigenvalue weighted by Gasteiger charge is -2.22. The van der Waals surface area contributed by atoms with Gasteiger partial charge in [0.25, 0.3) is 0 Å². The van der Waals surface area contributed by atoms with Crippen molar-refractivity contribution in [3.05, 3.63) is 84.5 Å². The van der Waals surface area contributed by atoms with E-state index in [0.717, 1.165) is 40.9 Å². The number of rotatable bonds is 5. The third kappa shape index (κ3) is 4.46. The van der Waals surface area contributed by atoms with Crippen molar-refractivity contribution in [2.45, 2.75) is 44.9 Å². The predicted molar refractivity (Wildman–Crippen MR) is 130 cm³/mol. The van der Waals surface area contributed by atoms with Gasteiger partial charge in [0.2, 0.25) is 0 Å². The van der Waals surface area contributed by atoms with Gasteiger partial charge in [0.15, 0.2) is 0 Å². The van der Waals surface area contributed by atoms with E-state index in [0.29, 0.717) is 12.3 Å². The van der Waals surface area contributed by atoms with Crippen LogP contribution in [0.3, 0.4) is 0 Å². The van der Waals surface area contributed by atoms with Crippen molar-refractivity contribution < 1.29 is 18.8 Å². The van der Waals surface area contributed by atoms with Gasteiger partial charge in [-0.3, -0.25) is 4.90 Å². The third-order valence-corrected chi connectivity index (χ3v) is 6.42. The number of benzene rings is 2. The molecule has 1 atom stereocenters. The van der Waals surface area contributed by atoms with Crippen LogP contribution in [0.2, 0.25) is 0 Å². The van der Waals surface area contributed by atoms with Gasteiger partial charge in [0.1, 0.15) is 18.0 Å². The van der Waals surface area contributed by atoms with E-state index < -0.39 is 12.7 Å². The summed E-state index contributed by atoms with van der Waals surface area (Å²) in [7, 11) is -0.456. The van der Waals surface area contributed by atoms with Crippen LogP contribution in [-0.2, 0) is 20.7 Å². The quantitative estimate of drug-likeness (QED) is 0.568. The van der Waals surface area contributed by atoms with Crippen LogP contribution in [0.4, 0.5) is 4.79 Å². The number of amides is 1. The summed E-state index contributed by atoms with van der Waals surface area (Å²) in [6.07, 6.45) is 3.26. The van der Waals surface area contributed by atoms with Crippen LogP contribution in [0, 0.1) is 0 Å². The molecular weight excluding hydrogens is 429 g/mol. The molecule has 3 heterocycles. The molecular formula is C26H28BN3O4. The molecule has 0 saturated carbocycles. The molecule has 2 fully saturated rings. The Morgan fingerprint density at radius 2 is 2.00 bits per heavy atom. The predicted octanol–water partition coefficient (Wildman–Crippen LogP) is 4.58. The fourth-order valence-corrected chi connectivity index (χ4v) is 4.31. The van der Waals surface area contributed by atoms with Gasteiger partial charge in [-0.15, -0.1) is 0 Å². The number of hydrogen-bond donors (Lipinski definition) is 1. The Hall–Kier alpha value is -3.52. The van der Waals surface area contributed by atoms with Crippen molar-refractivity contribution in [3.8, 4) is 11.3 Å². The van der Waals surface area contributed by atoms with Gasteiger partial charge in [-0.05, 0) is 43.3 Å². The molecule has 3 aromatic rings. The van der Waals surface area contributed by atoms with Crippen LogP contribution in [0.1, 0.15) is 44.1 Å². The van der Waals surface area contributed by atoms with E-state index in [2.05, 4.69) is 16.5 Å². The minimum absolute atomic E-state index is 0.121. The Morgan fingerprint density at radius 3 is 2.71 bits per heavy atom. The molecule has 7 nitrogen and oxygen atoms in total. The largest absolute Gasteiger partial charge is 0.563 e. The first-order valence-corrected chi connectivity index (χ1v) is 11.6. The molecule has 0 unspecified atom stereocenters. The molecule has 174 valence electrons. The summed E-state index contributed by atoms with van der Waals surface area (Å²) in [6.45, 7) is 8.74. The average Bonchev–Trinajstić information content (AvgIpc) is 3.57. The summed E-state index contributed by atoms with van der Waals surface area (Å²) >= 11 is 0. The van der Waals surface area contributed by atoms with Crippen LogP contribution in [0.25, 0.3) is 11.3 Å². The topological polar surface area (TPSA) is 76.7 Å². The molecule has 8 heteroatoms. The first kappa shape index (κ1) is 22.3. The molecule has 5 rings (SSSR count). The van der Waals surface area contributed by atoms with Crippen molar-refractivity contribution >= 4 is 18.7 Å². The second-order valence-corrected chi connectivity index (χ2v) is 9.20. The van der Waals surface area contributed by atoms with E-state index >= 15 is 0 Å². The van der Waals surface area contributed by atoms with Gasteiger partial charge in [0.05, 0.1) is 23.7 Å². The Morgan fingerprint density at radius 1 is 1.24 bits per heavy atom. The maximum atomic E-state index is 12.7. The second-order valence-electron chi connectivity index (χ2n) is 9.20. The summed E-state index contributed by atoms with van der Waals surface area (Å²) in [5.41, 5.74) is 3.28.